The maximum absolute atomic E-state index is 12.2. The zero-order valence-electron chi connectivity index (χ0n) is 13.0. The van der Waals surface area contributed by atoms with Gasteiger partial charge in [0.25, 0.3) is 5.91 Å². The molecule has 0 unspecified atom stereocenters. The fourth-order valence-electron chi connectivity index (χ4n) is 2.03. The summed E-state index contributed by atoms with van der Waals surface area (Å²) < 4.78 is 11.0. The van der Waals surface area contributed by atoms with E-state index in [1.165, 1.54) is 11.3 Å². The van der Waals surface area contributed by atoms with E-state index in [0.29, 0.717) is 36.9 Å². The van der Waals surface area contributed by atoms with Gasteiger partial charge in [-0.05, 0) is 26.0 Å². The molecule has 22 heavy (non-hydrogen) atoms. The maximum Gasteiger partial charge on any atom is 0.273 e. The number of nitrogens with zero attached hydrogens (tertiary/aromatic N) is 2. The van der Waals surface area contributed by atoms with Gasteiger partial charge in [0.1, 0.15) is 17.3 Å². The SMILES string of the molecule is CCN(CC)C(=O)c1csc(COc2ccccc2OC)n1. The highest BCUT2D eigenvalue weighted by atomic mass is 32.1. The Kier molecular flexibility index (Phi) is 5.77. The van der Waals surface area contributed by atoms with Gasteiger partial charge in [0, 0.05) is 18.5 Å². The lowest BCUT2D eigenvalue weighted by molar-refractivity contribution is 0.0767. The molecule has 0 fully saturated rings. The van der Waals surface area contributed by atoms with E-state index in [2.05, 4.69) is 4.98 Å². The molecule has 0 N–H and O–H groups in total. The third-order valence-electron chi connectivity index (χ3n) is 3.24. The Balaban J connectivity index is 2.02. The zero-order chi connectivity index (χ0) is 15.9. The Bertz CT molecular complexity index is 623. The van der Waals surface area contributed by atoms with Crippen molar-refractivity contribution in [3.63, 3.8) is 0 Å². The molecule has 5 nitrogen and oxygen atoms in total. The standard InChI is InChI=1S/C16H20N2O3S/c1-4-18(5-2)16(19)12-11-22-15(17-12)10-21-14-9-7-6-8-13(14)20-3/h6-9,11H,4-5,10H2,1-3H3. The molecule has 0 aliphatic heterocycles. The number of carbonyl (C=O) groups is 1. The molecule has 6 heteroatoms. The van der Waals surface area contributed by atoms with E-state index < -0.39 is 0 Å². The van der Waals surface area contributed by atoms with E-state index in [9.17, 15) is 4.79 Å². The lowest BCUT2D eigenvalue weighted by Gasteiger charge is -2.16. The van der Waals surface area contributed by atoms with Gasteiger partial charge in [-0.1, -0.05) is 12.1 Å². The number of ether oxygens (including phenoxy) is 2. The Labute approximate surface area is 134 Å². The fraction of sp³-hybridized carbons (Fsp3) is 0.375. The summed E-state index contributed by atoms with van der Waals surface area (Å²) >= 11 is 1.42. The van der Waals surface area contributed by atoms with E-state index in [4.69, 9.17) is 9.47 Å². The van der Waals surface area contributed by atoms with Crippen molar-refractivity contribution in [2.75, 3.05) is 20.2 Å². The lowest BCUT2D eigenvalue weighted by atomic mass is 10.3. The van der Waals surface area contributed by atoms with Crippen molar-refractivity contribution >= 4 is 17.2 Å². The van der Waals surface area contributed by atoms with Gasteiger partial charge in [-0.3, -0.25) is 4.79 Å². The van der Waals surface area contributed by atoms with Gasteiger partial charge in [0.2, 0.25) is 0 Å². The number of carbonyl (C=O) groups excluding carboxylic acids is 1. The fourth-order valence-corrected chi connectivity index (χ4v) is 2.70. The highest BCUT2D eigenvalue weighted by molar-refractivity contribution is 7.09. The molecule has 0 bridgehead atoms. The largest absolute Gasteiger partial charge is 0.493 e. The van der Waals surface area contributed by atoms with E-state index in [0.717, 1.165) is 5.01 Å². The van der Waals surface area contributed by atoms with E-state index in [-0.39, 0.29) is 5.91 Å². The molecule has 1 amide bonds. The summed E-state index contributed by atoms with van der Waals surface area (Å²) in [5, 5.41) is 2.54. The number of methoxy groups -OCH3 is 1. The van der Waals surface area contributed by atoms with Crippen molar-refractivity contribution in [2.45, 2.75) is 20.5 Å². The summed E-state index contributed by atoms with van der Waals surface area (Å²) in [4.78, 5) is 18.3. The summed E-state index contributed by atoms with van der Waals surface area (Å²) in [6.45, 7) is 5.59. The number of amides is 1. The average Bonchev–Trinajstić information content (AvgIpc) is 3.03. The van der Waals surface area contributed by atoms with Crippen LogP contribution in [0.3, 0.4) is 0 Å². The Morgan fingerprint density at radius 1 is 1.23 bits per heavy atom. The van der Waals surface area contributed by atoms with E-state index >= 15 is 0 Å². The number of aromatic nitrogens is 1. The van der Waals surface area contributed by atoms with Crippen molar-refractivity contribution in [3.05, 3.63) is 40.3 Å². The van der Waals surface area contributed by atoms with Crippen molar-refractivity contribution in [1.82, 2.24) is 9.88 Å². The molecular weight excluding hydrogens is 300 g/mol. The van der Waals surface area contributed by atoms with E-state index in [1.807, 2.05) is 38.1 Å². The summed E-state index contributed by atoms with van der Waals surface area (Å²) in [5.74, 6) is 1.31. The summed E-state index contributed by atoms with van der Waals surface area (Å²) in [7, 11) is 1.60. The van der Waals surface area contributed by atoms with Crippen LogP contribution in [0.15, 0.2) is 29.6 Å². The third kappa shape index (κ3) is 3.76. The lowest BCUT2D eigenvalue weighted by Crippen LogP contribution is -2.30. The van der Waals surface area contributed by atoms with Crippen LogP contribution in [-0.4, -0.2) is 36.0 Å². The van der Waals surface area contributed by atoms with Gasteiger partial charge in [-0.25, -0.2) is 4.98 Å². The van der Waals surface area contributed by atoms with Crippen molar-refractivity contribution in [3.8, 4) is 11.5 Å². The van der Waals surface area contributed by atoms with Crippen LogP contribution < -0.4 is 9.47 Å². The first kappa shape index (κ1) is 16.3. The number of rotatable bonds is 7. The molecule has 1 aromatic carbocycles. The molecule has 2 rings (SSSR count). The highest BCUT2D eigenvalue weighted by Gasteiger charge is 2.16. The van der Waals surface area contributed by atoms with Crippen molar-refractivity contribution < 1.29 is 14.3 Å². The zero-order valence-corrected chi connectivity index (χ0v) is 13.9. The second-order valence-corrected chi connectivity index (χ2v) is 5.49. The first-order chi connectivity index (χ1) is 10.7. The first-order valence-electron chi connectivity index (χ1n) is 7.19. The molecule has 1 heterocycles. The van der Waals surface area contributed by atoms with Crippen LogP contribution >= 0.6 is 11.3 Å². The Hall–Kier alpha value is -2.08. The van der Waals surface area contributed by atoms with Crippen LogP contribution in [0, 0.1) is 0 Å². The molecule has 0 radical (unpaired) electrons. The van der Waals surface area contributed by atoms with Crippen LogP contribution in [0.4, 0.5) is 0 Å². The highest BCUT2D eigenvalue weighted by Crippen LogP contribution is 2.27. The number of thiazole rings is 1. The van der Waals surface area contributed by atoms with Gasteiger partial charge in [-0.15, -0.1) is 11.3 Å². The molecule has 0 aliphatic carbocycles. The second kappa shape index (κ2) is 7.79. The molecule has 0 saturated heterocycles. The number of para-hydroxylation sites is 2. The third-order valence-corrected chi connectivity index (χ3v) is 4.06. The predicted molar refractivity (Wildman–Crippen MR) is 86.7 cm³/mol. The molecule has 2 aromatic rings. The first-order valence-corrected chi connectivity index (χ1v) is 8.07. The van der Waals surface area contributed by atoms with Crippen molar-refractivity contribution in [1.29, 1.82) is 0 Å². The normalized spacial score (nSPS) is 10.3. The Morgan fingerprint density at radius 3 is 2.55 bits per heavy atom. The molecule has 118 valence electrons. The topological polar surface area (TPSA) is 51.7 Å². The summed E-state index contributed by atoms with van der Waals surface area (Å²) in [6.07, 6.45) is 0. The van der Waals surface area contributed by atoms with Gasteiger partial charge < -0.3 is 14.4 Å². The van der Waals surface area contributed by atoms with Crippen molar-refractivity contribution in [2.24, 2.45) is 0 Å². The molecular formula is C16H20N2O3S. The van der Waals surface area contributed by atoms with E-state index in [1.54, 1.807) is 17.4 Å². The molecule has 0 saturated carbocycles. The maximum atomic E-state index is 12.2. The van der Waals surface area contributed by atoms with Crippen LogP contribution in [0.25, 0.3) is 0 Å². The minimum atomic E-state index is -0.0372. The van der Waals surface area contributed by atoms with Gasteiger partial charge in [-0.2, -0.15) is 0 Å². The van der Waals surface area contributed by atoms with Crippen LogP contribution in [0.5, 0.6) is 11.5 Å². The quantitative estimate of drug-likeness (QED) is 0.786. The summed E-state index contributed by atoms with van der Waals surface area (Å²) in [6, 6.07) is 7.45. The minimum absolute atomic E-state index is 0.0372. The Morgan fingerprint density at radius 2 is 1.91 bits per heavy atom. The molecule has 0 atom stereocenters. The molecule has 0 aliphatic rings. The number of benzene rings is 1. The van der Waals surface area contributed by atoms with Gasteiger partial charge >= 0.3 is 0 Å². The number of hydrogen-bond donors (Lipinski definition) is 0. The smallest absolute Gasteiger partial charge is 0.273 e. The predicted octanol–water partition coefficient (Wildman–Crippen LogP) is 3.21. The monoisotopic (exact) mass is 320 g/mol. The minimum Gasteiger partial charge on any atom is -0.493 e. The molecule has 0 spiro atoms. The van der Waals surface area contributed by atoms with Gasteiger partial charge in [0.15, 0.2) is 11.5 Å². The van der Waals surface area contributed by atoms with Crippen LogP contribution in [0.2, 0.25) is 0 Å². The average molecular weight is 320 g/mol. The van der Waals surface area contributed by atoms with Gasteiger partial charge in [0.05, 0.1) is 7.11 Å². The van der Waals surface area contributed by atoms with Crippen LogP contribution in [-0.2, 0) is 6.61 Å². The molecule has 1 aromatic heterocycles. The number of hydrogen-bond acceptors (Lipinski definition) is 5. The van der Waals surface area contributed by atoms with Crippen LogP contribution in [0.1, 0.15) is 29.3 Å². The summed E-state index contributed by atoms with van der Waals surface area (Å²) in [5.41, 5.74) is 0.479. The second-order valence-electron chi connectivity index (χ2n) is 4.54.